The molecule has 1 saturated carbocycles. The first-order valence-electron chi connectivity index (χ1n) is 6.43. The average molecular weight is 358 g/mol. The maximum absolute atomic E-state index is 11.5. The van der Waals surface area contributed by atoms with Crippen LogP contribution in [-0.2, 0) is 4.79 Å². The Balaban J connectivity index is 1.68. The minimum Gasteiger partial charge on any atom is -0.353 e. The molecule has 1 aliphatic rings. The van der Waals surface area contributed by atoms with Gasteiger partial charge in [-0.05, 0) is 60.1 Å². The van der Waals surface area contributed by atoms with Gasteiger partial charge in [0.25, 0.3) is 0 Å². The first-order valence-corrected chi connectivity index (χ1v) is 7.51. The van der Waals surface area contributed by atoms with E-state index in [9.17, 15) is 4.79 Å². The van der Waals surface area contributed by atoms with Crippen LogP contribution in [0.4, 0.5) is 0 Å². The smallest absolute Gasteiger partial charge is 0.221 e. The van der Waals surface area contributed by atoms with Crippen LogP contribution in [-0.4, -0.2) is 18.5 Å². The third kappa shape index (κ3) is 4.57. The van der Waals surface area contributed by atoms with E-state index in [1.165, 1.54) is 9.13 Å². The van der Waals surface area contributed by atoms with Crippen molar-refractivity contribution in [3.8, 4) is 0 Å². The Morgan fingerprint density at radius 2 is 2.06 bits per heavy atom. The molecule has 1 aliphatic carbocycles. The molecule has 0 aromatic heterocycles. The number of nitrogens with one attached hydrogen (secondary N) is 2. The molecule has 0 aliphatic heterocycles. The number of benzene rings is 1. The molecule has 0 heterocycles. The van der Waals surface area contributed by atoms with Gasteiger partial charge in [-0.3, -0.25) is 4.79 Å². The van der Waals surface area contributed by atoms with Crippen LogP contribution in [0.3, 0.4) is 0 Å². The van der Waals surface area contributed by atoms with Gasteiger partial charge < -0.3 is 10.6 Å². The molecular weight excluding hydrogens is 339 g/mol. The molecule has 0 spiro atoms. The zero-order chi connectivity index (χ0) is 13.0. The van der Waals surface area contributed by atoms with Crippen molar-refractivity contribution in [2.24, 2.45) is 0 Å². The van der Waals surface area contributed by atoms with Gasteiger partial charge in [0.15, 0.2) is 0 Å². The summed E-state index contributed by atoms with van der Waals surface area (Å²) < 4.78 is 1.24. The minimum atomic E-state index is 0.166. The van der Waals surface area contributed by atoms with Gasteiger partial charge in [-0.1, -0.05) is 12.1 Å². The van der Waals surface area contributed by atoms with E-state index in [2.05, 4.69) is 64.4 Å². The Hall–Kier alpha value is -0.620. The van der Waals surface area contributed by atoms with Gasteiger partial charge in [0, 0.05) is 28.6 Å². The summed E-state index contributed by atoms with van der Waals surface area (Å²) in [6.07, 6.45) is 2.86. The first kappa shape index (κ1) is 13.8. The highest BCUT2D eigenvalue weighted by Gasteiger charge is 2.22. The zero-order valence-electron chi connectivity index (χ0n) is 10.6. The summed E-state index contributed by atoms with van der Waals surface area (Å²) in [7, 11) is 0. The van der Waals surface area contributed by atoms with Crippen LogP contribution in [0.1, 0.15) is 37.8 Å². The lowest BCUT2D eigenvalue weighted by molar-refractivity contribution is -0.121. The van der Waals surface area contributed by atoms with Gasteiger partial charge >= 0.3 is 0 Å². The Labute approximate surface area is 122 Å². The number of rotatable bonds is 6. The van der Waals surface area contributed by atoms with E-state index in [0.29, 0.717) is 12.5 Å². The molecule has 2 rings (SSSR count). The summed E-state index contributed by atoms with van der Waals surface area (Å²) in [5.41, 5.74) is 1.26. The molecule has 3 nitrogen and oxygen atoms in total. The van der Waals surface area contributed by atoms with Gasteiger partial charge in [-0.15, -0.1) is 0 Å². The van der Waals surface area contributed by atoms with Crippen LogP contribution in [0.5, 0.6) is 0 Å². The summed E-state index contributed by atoms with van der Waals surface area (Å²) in [5, 5.41) is 6.37. The molecule has 4 heteroatoms. The zero-order valence-corrected chi connectivity index (χ0v) is 12.7. The van der Waals surface area contributed by atoms with E-state index in [1.54, 1.807) is 0 Å². The van der Waals surface area contributed by atoms with E-state index in [0.717, 1.165) is 19.4 Å². The average Bonchev–Trinajstić information content (AvgIpc) is 3.13. The molecule has 18 heavy (non-hydrogen) atoms. The van der Waals surface area contributed by atoms with Gasteiger partial charge in [0.05, 0.1) is 0 Å². The quantitative estimate of drug-likeness (QED) is 0.768. The van der Waals surface area contributed by atoms with E-state index in [-0.39, 0.29) is 11.9 Å². The molecule has 1 amide bonds. The van der Waals surface area contributed by atoms with Gasteiger partial charge in [-0.2, -0.15) is 0 Å². The van der Waals surface area contributed by atoms with Gasteiger partial charge in [0.2, 0.25) is 5.91 Å². The number of halogens is 1. The Bertz CT molecular complexity index is 401. The van der Waals surface area contributed by atoms with Crippen LogP contribution < -0.4 is 10.6 Å². The molecule has 1 unspecified atom stereocenters. The Kier molecular flexibility index (Phi) is 5.00. The fourth-order valence-electron chi connectivity index (χ4n) is 1.80. The molecule has 1 aromatic carbocycles. The molecular formula is C14H19IN2O. The minimum absolute atomic E-state index is 0.166. The largest absolute Gasteiger partial charge is 0.353 e. The number of amides is 1. The normalized spacial score (nSPS) is 16.3. The van der Waals surface area contributed by atoms with Crippen LogP contribution >= 0.6 is 22.6 Å². The van der Waals surface area contributed by atoms with Crippen LogP contribution in [0.15, 0.2) is 24.3 Å². The molecule has 1 atom stereocenters. The molecule has 0 radical (unpaired) electrons. The second-order valence-corrected chi connectivity index (χ2v) is 6.06. The molecule has 1 fully saturated rings. The highest BCUT2D eigenvalue weighted by Crippen LogP contribution is 2.18. The van der Waals surface area contributed by atoms with Crippen molar-refractivity contribution in [2.75, 3.05) is 6.54 Å². The summed E-state index contributed by atoms with van der Waals surface area (Å²) in [5.74, 6) is 0.166. The lowest BCUT2D eigenvalue weighted by Crippen LogP contribution is -2.30. The fraction of sp³-hybridized carbons (Fsp3) is 0.500. The van der Waals surface area contributed by atoms with Gasteiger partial charge in [0.1, 0.15) is 0 Å². The number of hydrogen-bond acceptors (Lipinski definition) is 2. The first-order chi connectivity index (χ1) is 8.65. The summed E-state index contributed by atoms with van der Waals surface area (Å²) in [4.78, 5) is 11.5. The predicted octanol–water partition coefficient (Wildman–Crippen LogP) is 2.61. The standard InChI is InChI=1S/C14H19IN2O/c1-10(11-2-4-12(15)5-3-11)16-9-8-14(18)17-13-6-7-13/h2-5,10,13,16H,6-9H2,1H3,(H,17,18). The number of carbonyl (C=O) groups excluding carboxylic acids is 1. The fourth-order valence-corrected chi connectivity index (χ4v) is 2.16. The Morgan fingerprint density at radius 3 is 2.67 bits per heavy atom. The van der Waals surface area contributed by atoms with Crippen molar-refractivity contribution < 1.29 is 4.79 Å². The number of carbonyl (C=O) groups is 1. The molecule has 0 saturated heterocycles. The van der Waals surface area contributed by atoms with Crippen molar-refractivity contribution in [1.29, 1.82) is 0 Å². The second-order valence-electron chi connectivity index (χ2n) is 4.82. The van der Waals surface area contributed by atoms with E-state index in [4.69, 9.17) is 0 Å². The van der Waals surface area contributed by atoms with E-state index in [1.807, 2.05) is 0 Å². The second kappa shape index (κ2) is 6.52. The summed E-state index contributed by atoms with van der Waals surface area (Å²) in [6, 6.07) is 9.22. The maximum Gasteiger partial charge on any atom is 0.221 e. The lowest BCUT2D eigenvalue weighted by Gasteiger charge is -2.14. The Morgan fingerprint density at radius 1 is 1.39 bits per heavy atom. The van der Waals surface area contributed by atoms with Crippen molar-refractivity contribution in [2.45, 2.75) is 38.3 Å². The summed E-state index contributed by atoms with van der Waals surface area (Å²) in [6.45, 7) is 2.85. The van der Waals surface area contributed by atoms with Crippen LogP contribution in [0, 0.1) is 3.57 Å². The van der Waals surface area contributed by atoms with Crippen molar-refractivity contribution >= 4 is 28.5 Å². The highest BCUT2D eigenvalue weighted by molar-refractivity contribution is 14.1. The highest BCUT2D eigenvalue weighted by atomic mass is 127. The monoisotopic (exact) mass is 358 g/mol. The molecule has 2 N–H and O–H groups in total. The number of hydrogen-bond donors (Lipinski definition) is 2. The SMILES string of the molecule is CC(NCCC(=O)NC1CC1)c1ccc(I)cc1. The van der Waals surface area contributed by atoms with Crippen LogP contribution in [0.2, 0.25) is 0 Å². The molecule has 0 bridgehead atoms. The van der Waals surface area contributed by atoms with E-state index < -0.39 is 0 Å². The third-order valence-electron chi connectivity index (χ3n) is 3.12. The maximum atomic E-state index is 11.5. The van der Waals surface area contributed by atoms with Crippen molar-refractivity contribution in [3.63, 3.8) is 0 Å². The van der Waals surface area contributed by atoms with E-state index >= 15 is 0 Å². The van der Waals surface area contributed by atoms with Gasteiger partial charge in [-0.25, -0.2) is 0 Å². The molecule has 1 aromatic rings. The molecule has 98 valence electrons. The van der Waals surface area contributed by atoms with Crippen molar-refractivity contribution in [3.05, 3.63) is 33.4 Å². The third-order valence-corrected chi connectivity index (χ3v) is 3.83. The topological polar surface area (TPSA) is 41.1 Å². The van der Waals surface area contributed by atoms with Crippen molar-refractivity contribution in [1.82, 2.24) is 10.6 Å². The summed E-state index contributed by atoms with van der Waals surface area (Å²) >= 11 is 2.30. The van der Waals surface area contributed by atoms with Crippen LogP contribution in [0.25, 0.3) is 0 Å². The predicted molar refractivity (Wildman–Crippen MR) is 81.4 cm³/mol. The lowest BCUT2D eigenvalue weighted by atomic mass is 10.1.